The Bertz CT molecular complexity index is 482. The highest BCUT2D eigenvalue weighted by Gasteiger charge is 2.05. The highest BCUT2D eigenvalue weighted by Crippen LogP contribution is 2.26. The van der Waals surface area contributed by atoms with E-state index in [1.807, 2.05) is 18.2 Å². The molecule has 1 heterocycles. The molecule has 0 radical (unpaired) electrons. The number of nitrogens with zero attached hydrogens (tertiary/aromatic N) is 1. The van der Waals surface area contributed by atoms with Crippen LogP contribution in [-0.2, 0) is 6.42 Å². The van der Waals surface area contributed by atoms with Crippen LogP contribution in [0.1, 0.15) is 18.4 Å². The number of hydrogen-bond donors (Lipinski definition) is 2. The minimum atomic E-state index is 0.224. The minimum Gasteiger partial charge on any atom is -0.506 e. The third-order valence-electron chi connectivity index (χ3n) is 2.69. The average Bonchev–Trinajstić information content (AvgIpc) is 2.33. The molecule has 2 aromatic rings. The van der Waals surface area contributed by atoms with Crippen molar-refractivity contribution in [3.05, 3.63) is 36.0 Å². The number of aryl methyl sites for hydroxylation is 1. The van der Waals surface area contributed by atoms with Crippen LogP contribution in [0.15, 0.2) is 30.5 Å². The Morgan fingerprint density at radius 2 is 2.00 bits per heavy atom. The van der Waals surface area contributed by atoms with Gasteiger partial charge in [-0.25, -0.2) is 0 Å². The Morgan fingerprint density at radius 1 is 1.12 bits per heavy atom. The van der Waals surface area contributed by atoms with Crippen molar-refractivity contribution in [1.29, 1.82) is 0 Å². The Morgan fingerprint density at radius 3 is 2.81 bits per heavy atom. The zero-order chi connectivity index (χ0) is 11.4. The van der Waals surface area contributed by atoms with E-state index in [0.717, 1.165) is 24.6 Å². The van der Waals surface area contributed by atoms with Gasteiger partial charge in [0.1, 0.15) is 11.3 Å². The first kappa shape index (κ1) is 10.9. The topological polar surface area (TPSA) is 53.4 Å². The van der Waals surface area contributed by atoms with Crippen molar-refractivity contribution in [2.24, 2.45) is 0 Å². The molecule has 0 fully saturated rings. The van der Waals surface area contributed by atoms with E-state index in [-0.39, 0.29) is 12.4 Å². The van der Waals surface area contributed by atoms with E-state index in [4.69, 9.17) is 5.11 Å². The second-order valence-electron chi connectivity index (χ2n) is 3.82. The van der Waals surface area contributed by atoms with Crippen molar-refractivity contribution < 1.29 is 10.2 Å². The SMILES string of the molecule is OCCCCc1ccc(O)c2ncccc12. The monoisotopic (exact) mass is 217 g/mol. The minimum absolute atomic E-state index is 0.224. The molecule has 0 atom stereocenters. The summed E-state index contributed by atoms with van der Waals surface area (Å²) in [7, 11) is 0. The number of rotatable bonds is 4. The van der Waals surface area contributed by atoms with Gasteiger partial charge in [0.05, 0.1) is 0 Å². The number of aliphatic hydroxyl groups is 1. The molecule has 0 aliphatic heterocycles. The maximum Gasteiger partial charge on any atom is 0.141 e. The van der Waals surface area contributed by atoms with Gasteiger partial charge in [-0.1, -0.05) is 12.1 Å². The third-order valence-corrected chi connectivity index (χ3v) is 2.69. The van der Waals surface area contributed by atoms with Crippen LogP contribution in [-0.4, -0.2) is 21.8 Å². The summed E-state index contributed by atoms with van der Waals surface area (Å²) >= 11 is 0. The van der Waals surface area contributed by atoms with Gasteiger partial charge in [0.25, 0.3) is 0 Å². The Labute approximate surface area is 94.4 Å². The summed E-state index contributed by atoms with van der Waals surface area (Å²) < 4.78 is 0. The molecule has 0 amide bonds. The predicted octanol–water partition coefficient (Wildman–Crippen LogP) is 2.26. The van der Waals surface area contributed by atoms with Crippen molar-refractivity contribution in [2.45, 2.75) is 19.3 Å². The molecule has 0 aliphatic carbocycles. The molecular formula is C13H15NO2. The summed E-state index contributed by atoms with van der Waals surface area (Å²) in [6, 6.07) is 7.45. The molecule has 0 saturated heterocycles. The van der Waals surface area contributed by atoms with Crippen molar-refractivity contribution in [3.63, 3.8) is 0 Å². The average molecular weight is 217 g/mol. The lowest BCUT2D eigenvalue weighted by Gasteiger charge is -2.06. The molecule has 16 heavy (non-hydrogen) atoms. The van der Waals surface area contributed by atoms with Crippen molar-refractivity contribution in [1.82, 2.24) is 4.98 Å². The predicted molar refractivity (Wildman–Crippen MR) is 63.4 cm³/mol. The molecule has 1 aromatic heterocycles. The highest BCUT2D eigenvalue weighted by atomic mass is 16.3. The fraction of sp³-hybridized carbons (Fsp3) is 0.308. The fourth-order valence-electron chi connectivity index (χ4n) is 1.86. The molecule has 0 saturated carbocycles. The Balaban J connectivity index is 2.35. The smallest absolute Gasteiger partial charge is 0.141 e. The molecule has 1 aromatic carbocycles. The molecule has 3 nitrogen and oxygen atoms in total. The molecule has 2 rings (SSSR count). The van der Waals surface area contributed by atoms with Gasteiger partial charge >= 0.3 is 0 Å². The van der Waals surface area contributed by atoms with Crippen molar-refractivity contribution in [2.75, 3.05) is 6.61 Å². The largest absolute Gasteiger partial charge is 0.506 e. The summed E-state index contributed by atoms with van der Waals surface area (Å²) in [5, 5.41) is 19.4. The number of phenols is 1. The highest BCUT2D eigenvalue weighted by molar-refractivity contribution is 5.87. The van der Waals surface area contributed by atoms with Gasteiger partial charge in [-0.3, -0.25) is 4.98 Å². The normalized spacial score (nSPS) is 10.8. The van der Waals surface area contributed by atoms with E-state index in [1.54, 1.807) is 12.3 Å². The van der Waals surface area contributed by atoms with Crippen LogP contribution in [0.4, 0.5) is 0 Å². The molecule has 3 heteroatoms. The number of aromatic nitrogens is 1. The van der Waals surface area contributed by atoms with Crippen molar-refractivity contribution in [3.8, 4) is 5.75 Å². The Hall–Kier alpha value is -1.61. The van der Waals surface area contributed by atoms with Crippen LogP contribution < -0.4 is 0 Å². The number of unbranched alkanes of at least 4 members (excludes halogenated alkanes) is 1. The zero-order valence-corrected chi connectivity index (χ0v) is 9.06. The van der Waals surface area contributed by atoms with Crippen LogP contribution in [0, 0.1) is 0 Å². The summed E-state index contributed by atoms with van der Waals surface area (Å²) in [5.41, 5.74) is 1.83. The van der Waals surface area contributed by atoms with E-state index < -0.39 is 0 Å². The number of pyridine rings is 1. The summed E-state index contributed by atoms with van der Waals surface area (Å²) in [4.78, 5) is 4.17. The van der Waals surface area contributed by atoms with Crippen LogP contribution in [0.25, 0.3) is 10.9 Å². The summed E-state index contributed by atoms with van der Waals surface area (Å²) in [6.45, 7) is 0.230. The lowest BCUT2D eigenvalue weighted by molar-refractivity contribution is 0.284. The number of aliphatic hydroxyl groups excluding tert-OH is 1. The van der Waals surface area contributed by atoms with Gasteiger partial charge in [-0.05, 0) is 37.0 Å². The lowest BCUT2D eigenvalue weighted by atomic mass is 10.0. The molecule has 84 valence electrons. The van der Waals surface area contributed by atoms with Crippen LogP contribution >= 0.6 is 0 Å². The first-order valence-electron chi connectivity index (χ1n) is 5.49. The van der Waals surface area contributed by atoms with Gasteiger partial charge in [0.2, 0.25) is 0 Å². The van der Waals surface area contributed by atoms with Crippen molar-refractivity contribution >= 4 is 10.9 Å². The number of phenolic OH excluding ortho intramolecular Hbond substituents is 1. The van der Waals surface area contributed by atoms with Gasteiger partial charge in [-0.15, -0.1) is 0 Å². The van der Waals surface area contributed by atoms with Gasteiger partial charge in [0.15, 0.2) is 0 Å². The van der Waals surface area contributed by atoms with Crippen LogP contribution in [0.3, 0.4) is 0 Å². The number of benzene rings is 1. The van der Waals surface area contributed by atoms with Crippen LogP contribution in [0.5, 0.6) is 5.75 Å². The fourth-order valence-corrected chi connectivity index (χ4v) is 1.86. The number of aromatic hydroxyl groups is 1. The second kappa shape index (κ2) is 4.94. The van der Waals surface area contributed by atoms with E-state index in [1.165, 1.54) is 5.56 Å². The van der Waals surface area contributed by atoms with Gasteiger partial charge in [0, 0.05) is 18.2 Å². The summed E-state index contributed by atoms with van der Waals surface area (Å²) in [6.07, 6.45) is 4.34. The molecule has 0 spiro atoms. The Kier molecular flexibility index (Phi) is 3.37. The molecule has 2 N–H and O–H groups in total. The van der Waals surface area contributed by atoms with E-state index in [2.05, 4.69) is 4.98 Å². The van der Waals surface area contributed by atoms with E-state index in [9.17, 15) is 5.11 Å². The molecule has 0 aliphatic rings. The first-order chi connectivity index (χ1) is 7.83. The van der Waals surface area contributed by atoms with Gasteiger partial charge in [-0.2, -0.15) is 0 Å². The number of fused-ring (bicyclic) bond motifs is 1. The van der Waals surface area contributed by atoms with E-state index >= 15 is 0 Å². The summed E-state index contributed by atoms with van der Waals surface area (Å²) in [5.74, 6) is 0.224. The standard InChI is InChI=1S/C13H15NO2/c15-9-2-1-4-10-6-7-12(16)13-11(10)5-3-8-14-13/h3,5-8,15-16H,1-2,4,9H2. The van der Waals surface area contributed by atoms with Crippen LogP contribution in [0.2, 0.25) is 0 Å². The molecule has 0 bridgehead atoms. The second-order valence-corrected chi connectivity index (χ2v) is 3.82. The lowest BCUT2D eigenvalue weighted by Crippen LogP contribution is -1.91. The molecule has 0 unspecified atom stereocenters. The van der Waals surface area contributed by atoms with Gasteiger partial charge < -0.3 is 10.2 Å². The maximum absolute atomic E-state index is 9.66. The van der Waals surface area contributed by atoms with E-state index in [0.29, 0.717) is 5.52 Å². The quantitative estimate of drug-likeness (QED) is 0.772. The molecular weight excluding hydrogens is 202 g/mol. The first-order valence-corrected chi connectivity index (χ1v) is 5.49. The zero-order valence-electron chi connectivity index (χ0n) is 9.06. The maximum atomic E-state index is 9.66. The third kappa shape index (κ3) is 2.14. The number of hydrogen-bond acceptors (Lipinski definition) is 3.